The van der Waals surface area contributed by atoms with Crippen LogP contribution in [0.5, 0.6) is 23.0 Å². The average molecular weight is 1070 g/mol. The summed E-state index contributed by atoms with van der Waals surface area (Å²) >= 11 is 6.32. The van der Waals surface area contributed by atoms with E-state index in [-0.39, 0.29) is 0 Å². The van der Waals surface area contributed by atoms with Crippen molar-refractivity contribution in [3.8, 4) is 89.8 Å². The molecule has 0 amide bonds. The van der Waals surface area contributed by atoms with Gasteiger partial charge in [-0.1, -0.05) is 188 Å². The molecule has 19 rings (SSSR count). The van der Waals surface area contributed by atoms with E-state index in [0.717, 1.165) is 83.8 Å². The lowest BCUT2D eigenvalue weighted by Gasteiger charge is -2.43. The van der Waals surface area contributed by atoms with Crippen molar-refractivity contribution in [3.05, 3.63) is 298 Å². The lowest BCUT2D eigenvalue weighted by atomic mass is 9.70. The second kappa shape index (κ2) is 15.4. The van der Waals surface area contributed by atoms with Gasteiger partial charge in [-0.05, 0) is 180 Å². The maximum atomic E-state index is 7.57. The quantitative estimate of drug-likeness (QED) is 0.141. The van der Waals surface area contributed by atoms with Crippen molar-refractivity contribution >= 4 is 51.7 Å². The normalized spacial score (nSPS) is 15.6. The maximum absolute atomic E-state index is 7.57. The summed E-state index contributed by atoms with van der Waals surface area (Å²) in [6, 6.07) is 91.3. The molecule has 0 unspecified atom stereocenters. The minimum atomic E-state index is -2.87. The smallest absolute Gasteiger partial charge is 0.200 e. The van der Waals surface area contributed by atoms with Gasteiger partial charge in [-0.25, -0.2) is 0 Å². The van der Waals surface area contributed by atoms with E-state index in [0.29, 0.717) is 0 Å². The van der Waals surface area contributed by atoms with Crippen LogP contribution in [0.1, 0.15) is 55.6 Å². The molecule has 0 N–H and O–H groups in total. The third-order valence-corrected chi connectivity index (χ3v) is 24.2. The van der Waals surface area contributed by atoms with E-state index >= 15 is 0 Å². The molecule has 7 aliphatic rings. The highest BCUT2D eigenvalue weighted by Crippen LogP contribution is 2.76. The SMILES string of the molecule is Cc1ccc(N2c3ccc(-c4ccc5c(c4)C4(c6ccccc6-c6ccccc64)c4ccccc4-5)c4c3[P+]3(S)c5c(cc(C)cc5Oc5c(-c6ccc7c(c6)C6(c8ccccc8-c8ccccc86)c6ccccc6-7)ccc2c53)O4)cc1. The van der Waals surface area contributed by atoms with Crippen LogP contribution < -0.4 is 30.3 Å². The van der Waals surface area contributed by atoms with Gasteiger partial charge in [-0.3, -0.25) is 0 Å². The Morgan fingerprint density at radius 1 is 0.321 bits per heavy atom. The molecular formula is C76H47NO2PS+. The Labute approximate surface area is 475 Å². The largest absolute Gasteiger partial charge is 0.448 e. The van der Waals surface area contributed by atoms with Gasteiger partial charge in [0.2, 0.25) is 5.30 Å². The Hall–Kier alpha value is -9.18. The van der Waals surface area contributed by atoms with Crippen LogP contribution in [-0.2, 0) is 10.8 Å². The number of hydrogen-bond acceptors (Lipinski definition) is 4. The Bertz CT molecular complexity index is 4490. The zero-order valence-electron chi connectivity index (χ0n) is 44.3. The number of fused-ring (bicyclic) bond motifs is 20. The Balaban J connectivity index is 0.866. The molecule has 12 aromatic rings. The molecule has 3 nitrogen and oxygen atoms in total. The number of ether oxygens (including phenoxy) is 2. The minimum absolute atomic E-state index is 0.491. The summed E-state index contributed by atoms with van der Waals surface area (Å²) in [5.41, 5.74) is 29.6. The summed E-state index contributed by atoms with van der Waals surface area (Å²) in [5.74, 6) is 3.33. The second-order valence-corrected chi connectivity index (χ2v) is 27.4. The predicted molar refractivity (Wildman–Crippen MR) is 335 cm³/mol. The summed E-state index contributed by atoms with van der Waals surface area (Å²) in [6.45, 7) is 1.44. The molecule has 3 heterocycles. The highest BCUT2D eigenvalue weighted by Gasteiger charge is 2.64. The highest BCUT2D eigenvalue weighted by atomic mass is 32.7. The highest BCUT2D eigenvalue weighted by molar-refractivity contribution is 8.61. The van der Waals surface area contributed by atoms with E-state index in [2.05, 4.69) is 261 Å². The molecule has 0 fully saturated rings. The van der Waals surface area contributed by atoms with Crippen LogP contribution in [-0.4, -0.2) is 0 Å². The Kier molecular flexibility index (Phi) is 8.48. The molecule has 0 saturated carbocycles. The standard InChI is InChI=1S/C76H47NO2PS/c1-43-27-31-47(32-28-43)77-66-37-35-48(45-29-33-56-54-19-7-13-25-62(54)75(64(56)41-45)58-21-9-3-15-50(58)51-16-4-10-22-59(51)75)70-72(66)80(81)73-67(77)38-36-49(71(73)79-69-40-44(2)39-68(78-70)74(69)80)46-30-34-57-55-20-8-14-26-63(55)76(65(57)42-46)60-23-11-5-17-52(60)53-18-6-12-24-61(53)76/h3-42,81H,1-2H3/q+1. The first-order valence-electron chi connectivity index (χ1n) is 28.1. The zero-order valence-corrected chi connectivity index (χ0v) is 46.0. The number of benzene rings is 12. The molecule has 0 atom stereocenters. The first-order valence-corrected chi connectivity index (χ1v) is 31.0. The molecule has 0 saturated heterocycles. The van der Waals surface area contributed by atoms with E-state index in [9.17, 15) is 0 Å². The van der Waals surface area contributed by atoms with Gasteiger partial charge in [0.05, 0.1) is 22.2 Å². The summed E-state index contributed by atoms with van der Waals surface area (Å²) < 4.78 is 15.1. The number of aryl methyl sites for hydroxylation is 2. The first-order chi connectivity index (χ1) is 39.9. The van der Waals surface area contributed by atoms with Gasteiger partial charge in [-0.15, -0.1) is 0 Å². The second-order valence-electron chi connectivity index (χ2n) is 23.0. The van der Waals surface area contributed by atoms with Crippen molar-refractivity contribution in [2.24, 2.45) is 0 Å². The fourth-order valence-corrected chi connectivity index (χ4v) is 21.4. The number of rotatable bonds is 3. The van der Waals surface area contributed by atoms with Crippen molar-refractivity contribution < 1.29 is 9.47 Å². The van der Waals surface area contributed by atoms with E-state index in [4.69, 9.17) is 21.7 Å². The molecule has 3 aliphatic heterocycles. The monoisotopic (exact) mass is 1070 g/mol. The van der Waals surface area contributed by atoms with Crippen LogP contribution >= 0.6 is 18.7 Å². The number of nitrogens with zero attached hydrogens (tertiary/aromatic N) is 1. The molecule has 0 bridgehead atoms. The molecule has 12 aromatic carbocycles. The number of hydrogen-bond donors (Lipinski definition) is 1. The number of thiol groups is 1. The first kappa shape index (κ1) is 44.6. The van der Waals surface area contributed by atoms with Crippen LogP contribution in [0.2, 0.25) is 0 Å². The lowest BCUT2D eigenvalue weighted by molar-refractivity contribution is 0.467. The fraction of sp³-hybridized carbons (Fsp3) is 0.0526. The van der Waals surface area contributed by atoms with Crippen molar-refractivity contribution in [2.75, 3.05) is 4.90 Å². The van der Waals surface area contributed by atoms with Crippen LogP contribution in [0.15, 0.2) is 243 Å². The third kappa shape index (κ3) is 5.25. The Morgan fingerprint density at radius 3 is 1.02 bits per heavy atom. The molecule has 0 radical (unpaired) electrons. The van der Waals surface area contributed by atoms with Crippen molar-refractivity contribution in [3.63, 3.8) is 0 Å². The van der Waals surface area contributed by atoms with E-state index < -0.39 is 17.3 Å². The van der Waals surface area contributed by atoms with E-state index in [1.54, 1.807) is 0 Å². The number of anilines is 3. The van der Waals surface area contributed by atoms with Gasteiger partial charge in [0.25, 0.3) is 0 Å². The summed E-state index contributed by atoms with van der Waals surface area (Å²) in [5, 5.41) is 3.28. The molecule has 0 aromatic heterocycles. The average Bonchev–Trinajstić information content (AvgIpc) is 1.78. The third-order valence-electron chi connectivity index (χ3n) is 19.2. The van der Waals surface area contributed by atoms with Gasteiger partial charge in [0.15, 0.2) is 40.1 Å². The van der Waals surface area contributed by atoms with Crippen LogP contribution in [0, 0.1) is 13.8 Å². The molecule has 81 heavy (non-hydrogen) atoms. The molecular weight excluding hydrogens is 1020 g/mol. The van der Waals surface area contributed by atoms with Gasteiger partial charge < -0.3 is 14.4 Å². The summed E-state index contributed by atoms with van der Waals surface area (Å²) in [7, 11) is 0. The van der Waals surface area contributed by atoms with Crippen LogP contribution in [0.3, 0.4) is 0 Å². The van der Waals surface area contributed by atoms with Crippen molar-refractivity contribution in [1.29, 1.82) is 0 Å². The molecule has 5 heteroatoms. The lowest BCUT2D eigenvalue weighted by Crippen LogP contribution is -2.44. The zero-order chi connectivity index (χ0) is 53.3. The van der Waals surface area contributed by atoms with Gasteiger partial charge in [-0.2, -0.15) is 0 Å². The molecule has 378 valence electrons. The molecule has 4 aliphatic carbocycles. The van der Waals surface area contributed by atoms with Crippen LogP contribution in [0.4, 0.5) is 17.1 Å². The Morgan fingerprint density at radius 2 is 0.654 bits per heavy atom. The maximum Gasteiger partial charge on any atom is 0.200 e. The topological polar surface area (TPSA) is 21.7 Å². The van der Waals surface area contributed by atoms with Crippen molar-refractivity contribution in [1.82, 2.24) is 0 Å². The minimum Gasteiger partial charge on any atom is -0.448 e. The van der Waals surface area contributed by atoms with Gasteiger partial charge in [0, 0.05) is 29.1 Å². The predicted octanol–water partition coefficient (Wildman–Crippen LogP) is 18.5. The fourth-order valence-electron chi connectivity index (χ4n) is 16.1. The van der Waals surface area contributed by atoms with E-state index in [1.165, 1.54) is 94.6 Å². The van der Waals surface area contributed by atoms with E-state index in [1.807, 2.05) is 0 Å². The van der Waals surface area contributed by atoms with Crippen LogP contribution in [0.25, 0.3) is 66.8 Å². The van der Waals surface area contributed by atoms with Gasteiger partial charge in [0.1, 0.15) is 0 Å². The summed E-state index contributed by atoms with van der Waals surface area (Å²) in [4.78, 5) is 2.44. The van der Waals surface area contributed by atoms with Crippen molar-refractivity contribution in [2.45, 2.75) is 24.7 Å². The molecule has 2 spiro atoms. The summed E-state index contributed by atoms with van der Waals surface area (Å²) in [6.07, 6.45) is 0. The van der Waals surface area contributed by atoms with Gasteiger partial charge >= 0.3 is 0 Å².